The van der Waals surface area contributed by atoms with Crippen molar-refractivity contribution in [2.75, 3.05) is 27.3 Å². The average molecular weight is 380 g/mol. The topological polar surface area (TPSA) is 99.0 Å². The van der Waals surface area contributed by atoms with E-state index in [9.17, 15) is 18.5 Å². The number of nitro benzene ring substituents is 1. The maximum Gasteiger partial charge on any atom is 0.272 e. The molecule has 2 aromatic carbocycles. The molecule has 0 spiro atoms. The van der Waals surface area contributed by atoms with Gasteiger partial charge in [0.1, 0.15) is 24.7 Å². The number of sulfonamides is 1. The van der Waals surface area contributed by atoms with Gasteiger partial charge in [-0.25, -0.2) is 12.7 Å². The van der Waals surface area contributed by atoms with Crippen molar-refractivity contribution in [1.29, 1.82) is 0 Å². The number of benzene rings is 2. The van der Waals surface area contributed by atoms with Gasteiger partial charge in [-0.2, -0.15) is 0 Å². The number of nitro groups is 1. The molecule has 0 aliphatic heterocycles. The molecule has 2 aromatic rings. The van der Waals surface area contributed by atoms with Gasteiger partial charge in [-0.05, 0) is 43.3 Å². The fourth-order valence-corrected chi connectivity index (χ4v) is 3.06. The highest BCUT2D eigenvalue weighted by molar-refractivity contribution is 7.89. The zero-order valence-electron chi connectivity index (χ0n) is 14.7. The third kappa shape index (κ3) is 4.70. The predicted octanol–water partition coefficient (Wildman–Crippen LogP) is 2.61. The average Bonchev–Trinajstić information content (AvgIpc) is 2.58. The summed E-state index contributed by atoms with van der Waals surface area (Å²) in [6.45, 7) is 2.13. The van der Waals surface area contributed by atoms with Crippen LogP contribution in [-0.4, -0.2) is 45.0 Å². The number of hydrogen-bond acceptors (Lipinski definition) is 6. The summed E-state index contributed by atoms with van der Waals surface area (Å²) in [7, 11) is -0.525. The third-order valence-electron chi connectivity index (χ3n) is 3.59. The molecule has 0 aromatic heterocycles. The molecule has 0 aliphatic rings. The van der Waals surface area contributed by atoms with Crippen LogP contribution in [0.5, 0.6) is 11.5 Å². The second-order valence-electron chi connectivity index (χ2n) is 5.66. The Morgan fingerprint density at radius 3 is 2.04 bits per heavy atom. The molecule has 0 bridgehead atoms. The van der Waals surface area contributed by atoms with Crippen molar-refractivity contribution in [3.63, 3.8) is 0 Å². The minimum Gasteiger partial charge on any atom is -0.490 e. The third-order valence-corrected chi connectivity index (χ3v) is 5.42. The van der Waals surface area contributed by atoms with Gasteiger partial charge in [0, 0.05) is 25.7 Å². The van der Waals surface area contributed by atoms with Gasteiger partial charge in [0.15, 0.2) is 0 Å². The van der Waals surface area contributed by atoms with Crippen LogP contribution in [0.1, 0.15) is 5.56 Å². The molecule has 0 fully saturated rings. The van der Waals surface area contributed by atoms with E-state index in [0.29, 0.717) is 17.1 Å². The summed E-state index contributed by atoms with van der Waals surface area (Å²) in [5, 5.41) is 10.8. The van der Waals surface area contributed by atoms with Crippen LogP contribution < -0.4 is 9.47 Å². The fourth-order valence-electron chi connectivity index (χ4n) is 2.16. The Hall–Kier alpha value is -2.65. The van der Waals surface area contributed by atoms with E-state index in [2.05, 4.69) is 0 Å². The van der Waals surface area contributed by atoms with E-state index >= 15 is 0 Å². The molecule has 0 N–H and O–H groups in total. The highest BCUT2D eigenvalue weighted by Crippen LogP contribution is 2.23. The van der Waals surface area contributed by atoms with Crippen molar-refractivity contribution in [2.45, 2.75) is 11.8 Å². The van der Waals surface area contributed by atoms with Crippen molar-refractivity contribution in [2.24, 2.45) is 0 Å². The Morgan fingerprint density at radius 1 is 1.00 bits per heavy atom. The first-order valence-electron chi connectivity index (χ1n) is 7.75. The molecular weight excluding hydrogens is 360 g/mol. The predicted molar refractivity (Wildman–Crippen MR) is 96.1 cm³/mol. The van der Waals surface area contributed by atoms with Crippen LogP contribution in [0.2, 0.25) is 0 Å². The van der Waals surface area contributed by atoms with Gasteiger partial charge in [0.25, 0.3) is 5.69 Å². The van der Waals surface area contributed by atoms with Gasteiger partial charge in [-0.15, -0.1) is 0 Å². The minimum absolute atomic E-state index is 0.0429. The van der Waals surface area contributed by atoms with E-state index in [-0.39, 0.29) is 23.8 Å². The maximum atomic E-state index is 12.0. The molecule has 9 heteroatoms. The molecule has 0 aliphatic carbocycles. The first-order valence-corrected chi connectivity index (χ1v) is 9.19. The van der Waals surface area contributed by atoms with Crippen LogP contribution in [-0.2, 0) is 10.0 Å². The van der Waals surface area contributed by atoms with Crippen LogP contribution in [0.15, 0.2) is 47.4 Å². The summed E-state index contributed by atoms with van der Waals surface area (Å²) in [5.74, 6) is 1.04. The lowest BCUT2D eigenvalue weighted by atomic mass is 10.2. The molecular formula is C17H20N2O6S. The van der Waals surface area contributed by atoms with Crippen molar-refractivity contribution >= 4 is 15.7 Å². The normalized spacial score (nSPS) is 11.4. The second kappa shape index (κ2) is 8.15. The van der Waals surface area contributed by atoms with Crippen LogP contribution in [0.4, 0.5) is 5.69 Å². The Morgan fingerprint density at radius 2 is 1.54 bits per heavy atom. The van der Waals surface area contributed by atoms with Gasteiger partial charge in [0.2, 0.25) is 10.0 Å². The molecule has 0 amide bonds. The lowest BCUT2D eigenvalue weighted by Gasteiger charge is -2.12. The van der Waals surface area contributed by atoms with E-state index in [1.807, 2.05) is 0 Å². The largest absolute Gasteiger partial charge is 0.490 e. The molecule has 0 unspecified atom stereocenters. The molecule has 0 saturated carbocycles. The number of hydrogen-bond donors (Lipinski definition) is 0. The van der Waals surface area contributed by atoms with E-state index < -0.39 is 14.9 Å². The molecule has 8 nitrogen and oxygen atoms in total. The fraction of sp³-hybridized carbons (Fsp3) is 0.294. The van der Waals surface area contributed by atoms with E-state index in [1.165, 1.54) is 38.4 Å². The maximum absolute atomic E-state index is 12.0. The zero-order chi connectivity index (χ0) is 19.3. The minimum atomic E-state index is -3.46. The molecule has 0 heterocycles. The smallest absolute Gasteiger partial charge is 0.272 e. The van der Waals surface area contributed by atoms with Crippen LogP contribution >= 0.6 is 0 Å². The summed E-state index contributed by atoms with van der Waals surface area (Å²) in [6, 6.07) is 10.6. The van der Waals surface area contributed by atoms with Gasteiger partial charge in [-0.3, -0.25) is 10.1 Å². The van der Waals surface area contributed by atoms with Crippen LogP contribution in [0, 0.1) is 17.0 Å². The van der Waals surface area contributed by atoms with Crippen molar-refractivity contribution in [1.82, 2.24) is 4.31 Å². The van der Waals surface area contributed by atoms with E-state index in [0.717, 1.165) is 4.31 Å². The molecule has 0 saturated heterocycles. The number of ether oxygens (including phenoxy) is 2. The highest BCUT2D eigenvalue weighted by atomic mass is 32.2. The summed E-state index contributed by atoms with van der Waals surface area (Å²) in [5.41, 5.74) is 0.562. The van der Waals surface area contributed by atoms with Crippen LogP contribution in [0.3, 0.4) is 0 Å². The number of aryl methyl sites for hydroxylation is 1. The number of rotatable bonds is 8. The van der Waals surface area contributed by atoms with E-state index in [4.69, 9.17) is 9.47 Å². The van der Waals surface area contributed by atoms with Gasteiger partial charge in [-0.1, -0.05) is 0 Å². The second-order valence-corrected chi connectivity index (χ2v) is 7.81. The zero-order valence-corrected chi connectivity index (χ0v) is 15.5. The standard InChI is InChI=1S/C17H20N2O6S/c1-13-12-15(6-9-17(13)19(20)21)25-11-10-24-14-4-7-16(8-5-14)26(22,23)18(2)3/h4-9,12H,10-11H2,1-3H3. The SMILES string of the molecule is Cc1cc(OCCOc2ccc(S(=O)(=O)N(C)C)cc2)ccc1[N+](=O)[O-]. The van der Waals surface area contributed by atoms with Crippen molar-refractivity contribution in [3.05, 3.63) is 58.1 Å². The Labute approximate surface area is 152 Å². The Bertz CT molecular complexity index is 879. The van der Waals surface area contributed by atoms with Crippen LogP contribution in [0.25, 0.3) is 0 Å². The first kappa shape index (κ1) is 19.7. The molecule has 0 radical (unpaired) electrons. The number of nitrogens with zero attached hydrogens (tertiary/aromatic N) is 2. The lowest BCUT2D eigenvalue weighted by molar-refractivity contribution is -0.385. The van der Waals surface area contributed by atoms with Gasteiger partial charge >= 0.3 is 0 Å². The molecule has 26 heavy (non-hydrogen) atoms. The van der Waals surface area contributed by atoms with Crippen molar-refractivity contribution < 1.29 is 22.8 Å². The first-order chi connectivity index (χ1) is 12.2. The summed E-state index contributed by atoms with van der Waals surface area (Å²) in [4.78, 5) is 10.5. The molecule has 140 valence electrons. The van der Waals surface area contributed by atoms with Crippen molar-refractivity contribution in [3.8, 4) is 11.5 Å². The Kier molecular flexibility index (Phi) is 6.17. The lowest BCUT2D eigenvalue weighted by Crippen LogP contribution is -2.22. The quantitative estimate of drug-likeness (QED) is 0.397. The van der Waals surface area contributed by atoms with Gasteiger partial charge < -0.3 is 9.47 Å². The summed E-state index contributed by atoms with van der Waals surface area (Å²) < 4.78 is 36.1. The summed E-state index contributed by atoms with van der Waals surface area (Å²) >= 11 is 0. The summed E-state index contributed by atoms with van der Waals surface area (Å²) in [6.07, 6.45) is 0. The molecule has 0 atom stereocenters. The molecule has 2 rings (SSSR count). The Balaban J connectivity index is 1.87. The highest BCUT2D eigenvalue weighted by Gasteiger charge is 2.16. The monoisotopic (exact) mass is 380 g/mol. The van der Waals surface area contributed by atoms with Gasteiger partial charge in [0.05, 0.1) is 9.82 Å². The van der Waals surface area contributed by atoms with E-state index in [1.54, 1.807) is 25.1 Å².